The highest BCUT2D eigenvalue weighted by Crippen LogP contribution is 2.21. The molecule has 2 aliphatic rings. The number of hydrogen-bond donors (Lipinski definition) is 1. The molecule has 0 unspecified atom stereocenters. The minimum Gasteiger partial charge on any atom is -0.406 e. The van der Waals surface area contributed by atoms with Crippen molar-refractivity contribution in [3.05, 3.63) is 0 Å². The molecular weight excluding hydrogens is 276 g/mol. The Kier molecular flexibility index (Phi) is 7.45. The van der Waals surface area contributed by atoms with E-state index in [1.165, 1.54) is 0 Å². The van der Waals surface area contributed by atoms with Gasteiger partial charge in [-0.1, -0.05) is 13.8 Å². The van der Waals surface area contributed by atoms with Gasteiger partial charge < -0.3 is 28.1 Å². The number of ether oxygens (including phenoxy) is 1. The van der Waals surface area contributed by atoms with Crippen LogP contribution in [0.25, 0.3) is 0 Å². The van der Waals surface area contributed by atoms with Gasteiger partial charge in [-0.25, -0.2) is 5.48 Å². The minimum absolute atomic E-state index is 0.00441. The topological polar surface area (TPSA) is 67.4 Å². The van der Waals surface area contributed by atoms with Gasteiger partial charge in [0.15, 0.2) is 0 Å². The van der Waals surface area contributed by atoms with Crippen molar-refractivity contribution in [2.24, 2.45) is 5.41 Å². The van der Waals surface area contributed by atoms with Crippen molar-refractivity contribution in [3.63, 3.8) is 0 Å². The van der Waals surface area contributed by atoms with Gasteiger partial charge >= 0.3 is 14.4 Å². The lowest BCUT2D eigenvalue weighted by molar-refractivity contribution is 0.0181. The van der Waals surface area contributed by atoms with Crippen LogP contribution in [0.3, 0.4) is 0 Å². The number of hydrogen-bond acceptors (Lipinski definition) is 7. The Morgan fingerprint density at radius 3 is 2.62 bits per heavy atom. The molecule has 0 radical (unpaired) electrons. The van der Waals surface area contributed by atoms with E-state index in [0.717, 1.165) is 12.8 Å². The Hall–Kier alpha value is -0.150. The van der Waals surface area contributed by atoms with Crippen LogP contribution in [-0.2, 0) is 28.1 Å². The number of nitrogens with one attached hydrogen (secondary N) is 1. The van der Waals surface area contributed by atoms with Crippen LogP contribution < -0.4 is 5.48 Å². The molecule has 1 N–H and O–H groups in total. The van der Waals surface area contributed by atoms with Gasteiger partial charge in [-0.05, 0) is 18.3 Å². The van der Waals surface area contributed by atoms with Crippen molar-refractivity contribution in [2.75, 3.05) is 46.1 Å². The first-order chi connectivity index (χ1) is 10.2. The second-order valence-electron chi connectivity index (χ2n) is 6.00. The quantitative estimate of drug-likeness (QED) is 0.396. The molecule has 120 valence electrons. The van der Waals surface area contributed by atoms with E-state index >= 15 is 0 Å². The highest BCUT2D eigenvalue weighted by atomic mass is 16.7. The van der Waals surface area contributed by atoms with Crippen LogP contribution >= 0.6 is 0 Å². The Labute approximate surface area is 127 Å². The molecule has 9 heteroatoms. The van der Waals surface area contributed by atoms with E-state index in [9.17, 15) is 0 Å². The lowest BCUT2D eigenvalue weighted by Gasteiger charge is -2.27. The average molecular weight is 301 g/mol. The third-order valence-electron chi connectivity index (χ3n) is 3.31. The molecule has 0 aromatic carbocycles. The molecule has 2 fully saturated rings. The van der Waals surface area contributed by atoms with Crippen molar-refractivity contribution in [2.45, 2.75) is 26.7 Å². The maximum absolute atomic E-state index is 5.64. The van der Waals surface area contributed by atoms with E-state index in [-0.39, 0.29) is 12.5 Å². The summed E-state index contributed by atoms with van der Waals surface area (Å²) in [4.78, 5) is 0. The average Bonchev–Trinajstić information content (AvgIpc) is 2.52. The zero-order valence-electron chi connectivity index (χ0n) is 13.0. The van der Waals surface area contributed by atoms with E-state index in [1.807, 2.05) is 0 Å². The first-order valence-electron chi connectivity index (χ1n) is 7.58. The van der Waals surface area contributed by atoms with Crippen LogP contribution in [-0.4, -0.2) is 60.5 Å². The Morgan fingerprint density at radius 2 is 1.90 bits per heavy atom. The summed E-state index contributed by atoms with van der Waals surface area (Å²) in [5, 5.41) is 0. The molecule has 2 aliphatic heterocycles. The van der Waals surface area contributed by atoms with Gasteiger partial charge in [0, 0.05) is 26.4 Å². The summed E-state index contributed by atoms with van der Waals surface area (Å²) in [6, 6.07) is 0. The molecule has 7 nitrogen and oxygen atoms in total. The maximum Gasteiger partial charge on any atom is 0.639 e. The third-order valence-corrected chi connectivity index (χ3v) is 3.31. The molecule has 21 heavy (non-hydrogen) atoms. The molecule has 0 aliphatic carbocycles. The fourth-order valence-corrected chi connectivity index (χ4v) is 2.00. The Bertz CT molecular complexity index is 285. The summed E-state index contributed by atoms with van der Waals surface area (Å²) in [6.07, 6.45) is 1.82. The first kappa shape index (κ1) is 17.2. The van der Waals surface area contributed by atoms with Crippen molar-refractivity contribution in [1.29, 1.82) is 0 Å². The first-order valence-corrected chi connectivity index (χ1v) is 7.58. The lowest BCUT2D eigenvalue weighted by Crippen LogP contribution is -2.41. The summed E-state index contributed by atoms with van der Waals surface area (Å²) in [7, 11) is -0.836. The number of rotatable bonds is 8. The molecule has 0 amide bonds. The fraction of sp³-hybridized carbons (Fsp3) is 1.00. The molecule has 2 rings (SSSR count). The second-order valence-corrected chi connectivity index (χ2v) is 6.00. The highest BCUT2D eigenvalue weighted by Gasteiger charge is 2.29. The molecule has 0 spiro atoms. The summed E-state index contributed by atoms with van der Waals surface area (Å²) in [6.45, 7) is 8.63. The zero-order chi connectivity index (χ0) is 15.0. The summed E-state index contributed by atoms with van der Waals surface area (Å²) in [5.74, 6) is 0. The van der Waals surface area contributed by atoms with Crippen molar-refractivity contribution in [1.82, 2.24) is 5.48 Å². The maximum atomic E-state index is 5.64. The smallest absolute Gasteiger partial charge is 0.406 e. The molecule has 0 bridgehead atoms. The van der Waals surface area contributed by atoms with Crippen LogP contribution in [0.4, 0.5) is 0 Å². The monoisotopic (exact) mass is 301 g/mol. The molecule has 0 aromatic rings. The Balaban J connectivity index is 1.52. The van der Waals surface area contributed by atoms with E-state index in [2.05, 4.69) is 19.3 Å². The van der Waals surface area contributed by atoms with Gasteiger partial charge in [-0.15, -0.1) is 0 Å². The molecule has 2 heterocycles. The van der Waals surface area contributed by atoms with Crippen LogP contribution in [0.15, 0.2) is 0 Å². The van der Waals surface area contributed by atoms with Gasteiger partial charge in [0.2, 0.25) is 0 Å². The number of hydroxylamine groups is 1. The Morgan fingerprint density at radius 1 is 1.10 bits per heavy atom. The molecular formula is C12H25B2NO6. The largest absolute Gasteiger partial charge is 0.639 e. The van der Waals surface area contributed by atoms with Crippen molar-refractivity contribution >= 4 is 14.4 Å². The third kappa shape index (κ3) is 7.10. The van der Waals surface area contributed by atoms with E-state index < -0.39 is 7.32 Å². The predicted molar refractivity (Wildman–Crippen MR) is 78.2 cm³/mol. The van der Waals surface area contributed by atoms with Crippen molar-refractivity contribution < 1.29 is 28.1 Å². The standard InChI is InChI=1S/C12H25B2NO6/c1-12(2,10-20-14-18-6-3-7-19-14)4-5-15-21-13-11-16-8-9-17-13/h15H,3-11H2,1-2H3. The lowest BCUT2D eigenvalue weighted by atomic mass is 9.90. The molecule has 0 atom stereocenters. The normalized spacial score (nSPS) is 20.9. The molecule has 0 saturated carbocycles. The van der Waals surface area contributed by atoms with Crippen LogP contribution in [0, 0.1) is 5.41 Å². The second kappa shape index (κ2) is 9.09. The van der Waals surface area contributed by atoms with Crippen molar-refractivity contribution in [3.8, 4) is 0 Å². The van der Waals surface area contributed by atoms with Gasteiger partial charge in [-0.2, -0.15) is 0 Å². The molecule has 0 aromatic heterocycles. The van der Waals surface area contributed by atoms with Gasteiger partial charge in [0.1, 0.15) is 0 Å². The molecule has 2 saturated heterocycles. The van der Waals surface area contributed by atoms with E-state index in [4.69, 9.17) is 28.1 Å². The van der Waals surface area contributed by atoms with E-state index in [1.54, 1.807) is 0 Å². The minimum atomic E-state index is -0.518. The summed E-state index contributed by atoms with van der Waals surface area (Å²) >= 11 is 0. The summed E-state index contributed by atoms with van der Waals surface area (Å²) in [5.41, 5.74) is 2.93. The SMILES string of the molecule is CC(C)(CCNOB1COCCO1)COB1OCCCO1. The summed E-state index contributed by atoms with van der Waals surface area (Å²) < 4.78 is 32.4. The van der Waals surface area contributed by atoms with Gasteiger partial charge in [0.25, 0.3) is 0 Å². The van der Waals surface area contributed by atoms with Crippen LogP contribution in [0.5, 0.6) is 0 Å². The van der Waals surface area contributed by atoms with E-state index in [0.29, 0.717) is 46.1 Å². The zero-order valence-corrected chi connectivity index (χ0v) is 13.0. The van der Waals surface area contributed by atoms with Gasteiger partial charge in [-0.3, -0.25) is 0 Å². The highest BCUT2D eigenvalue weighted by molar-refractivity contribution is 6.44. The van der Waals surface area contributed by atoms with Gasteiger partial charge in [0.05, 0.1) is 19.7 Å². The van der Waals surface area contributed by atoms with Crippen LogP contribution in [0.2, 0.25) is 0 Å². The predicted octanol–water partition coefficient (Wildman–Crippen LogP) is 0.437. The fourth-order valence-electron chi connectivity index (χ4n) is 2.00. The van der Waals surface area contributed by atoms with Crippen LogP contribution in [0.1, 0.15) is 26.7 Å².